The fourth-order valence-corrected chi connectivity index (χ4v) is 0. The molecule has 0 aliphatic heterocycles. The predicted octanol–water partition coefficient (Wildman–Crippen LogP) is 24.2. The number of rotatable bonds is 0. The summed E-state index contributed by atoms with van der Waals surface area (Å²) in [5, 5.41) is 0. The minimum Gasteiger partial charge on any atom is -0.0776 e. The highest BCUT2D eigenvalue weighted by molar-refractivity contribution is 2.51. The van der Waals surface area contributed by atoms with Crippen molar-refractivity contribution in [1.29, 1.82) is 0 Å². The SMILES string of the molecule is C.C.C.C.[3HH].[3HH].[3HH].[3HH].[3HH].[3HH].[3HH].[3HH].[3HH].[3HH].[3HH].[3HH].[3HH].[3HH].[3HH].[3HH].[3HH].[3HH].[3HH].[3HH].[3HH].[3HH].[3HH].[3HH].[3H]C.[3H]C.[3H]C.[3H]C.[3H]C.[3H][3H].[3H][3H].[3H][3H].[3H][3H].[3H][3H].[3H][3H].[3H][3H].[3H][3H].[3H][3H].[3H][3H].[3H][3H].[3H][3H].[3H][3H].[3H][3H].[3H][3H].[3H][3H].[3H][3H].[3H][3H].[3H][3H].[3H][3H].[3H][3H].[3H][3H].[3H][3H].[3H][3H].[3H][3H].[3H][3H].[3H][3H].[3H][3H].[3H][3H].[3H][3H].[3H][3H].[3H][3H].[3H][3H].[3H][3H].[3H][3H].[3H][3H].[3H][3H].[3H][3H].[3H][3H].[3H][3H].[3H][3H].[3H][3H].[3H][3H].[3H][3H].[3H][3H].[3H][3H].[3H][3H].[3H][3H].[3H][3H].[3H][3H].[3H][3H]. The number of hydrogen-bond donors (Lipinski definition) is 0. The Morgan fingerprint density at radius 1 is 0.556 bits per heavy atom. The second kappa shape index (κ2) is 0. The van der Waals surface area contributed by atoms with E-state index in [9.17, 15) is 0 Å². The van der Waals surface area contributed by atoms with Gasteiger partial charge in [0.15, 0.2) is 0 Å². The highest BCUT2D eigenvalue weighted by atomic mass is 12.0. The lowest BCUT2D eigenvalue weighted by molar-refractivity contribution is 2.50. The Balaban J connectivity index is -0.00000000277. The van der Waals surface area contributed by atoms with Crippen LogP contribution < -0.4 is 0 Å². The van der Waals surface area contributed by atoms with Crippen LogP contribution in [0.25, 0.3) is 0 Å². The second-order valence-electron chi connectivity index (χ2n) is 0. The minimum absolute atomic E-state index is 0. The van der Waals surface area contributed by atoms with Crippen molar-refractivity contribution in [1.82, 2.24) is 0 Å². The minimum atomic E-state index is 0. The molecule has 0 unspecified atom stereocenters. The molecular formula is C9H186. The van der Waals surface area contributed by atoms with Crippen molar-refractivity contribution in [2.24, 2.45) is 0 Å². The summed E-state index contributed by atoms with van der Waals surface area (Å²) >= 11 is 0. The van der Waals surface area contributed by atoms with Crippen LogP contribution in [-0.2, 0) is 0 Å². The molecule has 0 N–H and O–H groups in total. The molecule has 0 saturated carbocycles. The Kier molecular flexibility index (Phi) is 0. The van der Waals surface area contributed by atoms with Gasteiger partial charge in [0.2, 0.25) is 0 Å². The maximum absolute atomic E-state index is 5.75. The van der Waals surface area contributed by atoms with Crippen molar-refractivity contribution in [2.45, 2.75) is 66.7 Å². The zero-order chi connectivity index (χ0) is 112. The summed E-state index contributed by atoms with van der Waals surface area (Å²) in [6.45, 7) is 0. The van der Waals surface area contributed by atoms with Crippen LogP contribution in [0.2, 0.25) is 0 Å². The van der Waals surface area contributed by atoms with Crippen molar-refractivity contribution in [2.75, 3.05) is 0 Å². The van der Waals surface area contributed by atoms with Gasteiger partial charge in [-0.25, -0.2) is 0 Å². The second-order valence-corrected chi connectivity index (χ2v) is 0. The maximum Gasteiger partial charge on any atom is 0.0194 e. The van der Waals surface area contributed by atoms with E-state index in [1.54, 1.807) is 0 Å². The molecule has 0 spiro atoms. The van der Waals surface area contributed by atoms with Crippen LogP contribution in [0.5, 0.6) is 0 Å². The van der Waals surface area contributed by atoms with Crippen LogP contribution in [0.1, 0.15) is 259 Å². The molecule has 0 amide bonds. The molecule has 0 saturated heterocycles. The Bertz CT molecular complexity index is 48.2. The van der Waals surface area contributed by atoms with E-state index in [4.69, 9.17) is 158 Å². The van der Waals surface area contributed by atoms with E-state index in [2.05, 4.69) is 0 Å². The molecule has 0 aromatic heterocycles. The van der Waals surface area contributed by atoms with E-state index in [0.29, 0.717) is 0 Å². The summed E-state index contributed by atoms with van der Waals surface area (Å²) in [7, 11) is 6.25. The molecular weight excluding hydrogens is 108 g/mol. The highest BCUT2D eigenvalue weighted by Gasteiger charge is -0.0696. The molecule has 222 valence electrons. The van der Waals surface area contributed by atoms with Gasteiger partial charge in [-0.2, -0.15) is 0 Å². The summed E-state index contributed by atoms with van der Waals surface area (Å²) in [6, 6.07) is 0. The van der Waals surface area contributed by atoms with Gasteiger partial charge in [-0.3, -0.25) is 0 Å². The molecule has 0 fully saturated rings. The molecule has 0 nitrogen and oxygen atoms in total. The highest BCUT2D eigenvalue weighted by Crippen LogP contribution is 0.152. The normalized spacial score (nSPS) is 49.2. The van der Waals surface area contributed by atoms with Crippen LogP contribution in [0, 0.1) is 0 Å². The van der Waals surface area contributed by atoms with Crippen LogP contribution in [0.4, 0.5) is 0 Å². The molecule has 9 heavy (non-hydrogen) atoms. The summed E-state index contributed by atoms with van der Waals surface area (Å²) in [5.41, 5.74) is 0. The van der Waals surface area contributed by atoms with Gasteiger partial charge in [-0.05, 0) is 0 Å². The van der Waals surface area contributed by atoms with E-state index < -0.39 is 0 Å². The fraction of sp³-hybridized carbons (Fsp3) is 1.00. The number of hydrogen-bond acceptors (Lipinski definition) is 0. The largest absolute Gasteiger partial charge is 0.0776 e. The predicted molar refractivity (Wildman–Crippen MR) is 219 cm³/mol. The zero-order valence-electron chi connectivity index (χ0n) is 112. The Morgan fingerprint density at radius 2 is 0.556 bits per heavy atom. The zero-order valence-corrected chi connectivity index (χ0v) is 5.00. The first kappa shape index (κ1) is 0.184. The lowest BCUT2D eigenvalue weighted by Gasteiger charge is -0.0786. The van der Waals surface area contributed by atoms with Crippen molar-refractivity contribution in [3.63, 3.8) is 0 Å². The summed E-state index contributed by atoms with van der Waals surface area (Å²) < 4.78 is 539. The van der Waals surface area contributed by atoms with Gasteiger partial charge >= 0.3 is 0 Å². The van der Waals surface area contributed by atoms with E-state index in [1.165, 1.54) is 37.0 Å². The Hall–Kier alpha value is 0. The fourth-order valence-electron chi connectivity index (χ4n) is 0. The molecule has 0 aromatic carbocycles. The molecule has 0 rings (SSSR count). The Morgan fingerprint density at radius 3 is 0.556 bits per heavy atom. The standard InChI is InChI=1S/9CH4.75H2/h9*1H4;75*1H/i5*1T;;;;;51*1+2T;24*1+2. The van der Waals surface area contributed by atoms with Gasteiger partial charge in [0.1, 0.15) is 0 Å². The van der Waals surface area contributed by atoms with Crippen LogP contribution in [-0.4, -0.2) is 0 Å². The molecule has 0 radical (unpaired) electrons. The van der Waals surface area contributed by atoms with Gasteiger partial charge in [-0.1, -0.05) is 66.7 Å². The van der Waals surface area contributed by atoms with Gasteiger partial charge in [0, 0.05) is 193 Å². The van der Waals surface area contributed by atoms with Gasteiger partial charge < -0.3 is 0 Å². The molecule has 0 aliphatic carbocycles. The quantitative estimate of drug-likeness (QED) is 0.277. The third-order valence-electron chi connectivity index (χ3n) is 0. The van der Waals surface area contributed by atoms with Gasteiger partial charge in [-0.15, -0.1) is 0 Å². The molecule has 0 heteroatoms. The average Bonchev–Trinajstić information content (AvgIpc) is 3.95. The maximum atomic E-state index is 5.75. The third-order valence-corrected chi connectivity index (χ3v) is 0. The third kappa shape index (κ3) is 0. The summed E-state index contributed by atoms with van der Waals surface area (Å²) in [6.07, 6.45) is 0. The van der Waals surface area contributed by atoms with Crippen molar-refractivity contribution >= 4 is 0 Å². The van der Waals surface area contributed by atoms with E-state index in [-0.39, 0.29) is 63.9 Å². The average molecular weight is 559 g/mol. The molecule has 0 bridgehead atoms. The van der Waals surface area contributed by atoms with Crippen molar-refractivity contribution in [3.8, 4) is 0 Å². The summed E-state index contributed by atoms with van der Waals surface area (Å²) in [4.78, 5) is 0. The van der Waals surface area contributed by atoms with Crippen LogP contribution in [0.3, 0.4) is 0 Å². The lowest BCUT2D eigenvalue weighted by atomic mass is 12.0. The Labute approximate surface area is 268 Å². The smallest absolute Gasteiger partial charge is 0.0194 e. The van der Waals surface area contributed by atoms with E-state index >= 15 is 0 Å². The topological polar surface area (TPSA) is 0 Å². The van der Waals surface area contributed by atoms with Crippen molar-refractivity contribution < 1.29 is 193 Å². The summed E-state index contributed by atoms with van der Waals surface area (Å²) in [5.74, 6) is 0. The molecule has 0 aliphatic rings. The first-order valence-corrected chi connectivity index (χ1v) is 0. The van der Waals surface area contributed by atoms with Crippen LogP contribution >= 0.6 is 0 Å². The first-order chi connectivity index (χ1) is 56.0. The van der Waals surface area contributed by atoms with Gasteiger partial charge in [0.25, 0.3) is 0 Å². The van der Waals surface area contributed by atoms with E-state index in [1.807, 2.05) is 0 Å². The van der Waals surface area contributed by atoms with Crippen molar-refractivity contribution in [3.05, 3.63) is 0 Å². The lowest BCUT2D eigenvalue weighted by Crippen LogP contribution is 0.143. The first-order valence-electron chi connectivity index (χ1n) is 56.0. The van der Waals surface area contributed by atoms with Gasteiger partial charge in [0.05, 0.1) is 0 Å². The molecule has 0 heterocycles. The monoisotopic (exact) mass is 559 g/mol. The molecule has 0 atom stereocenters. The van der Waals surface area contributed by atoms with E-state index in [0.717, 1.165) is 0 Å². The molecule has 0 aromatic rings. The van der Waals surface area contributed by atoms with Crippen LogP contribution in [0.15, 0.2) is 0 Å².